The van der Waals surface area contributed by atoms with E-state index in [4.69, 9.17) is 5.73 Å². The van der Waals surface area contributed by atoms with Gasteiger partial charge in [-0.2, -0.15) is 0 Å². The Bertz CT molecular complexity index is 570. The summed E-state index contributed by atoms with van der Waals surface area (Å²) in [5.41, 5.74) is 7.04. The summed E-state index contributed by atoms with van der Waals surface area (Å²) in [6.07, 6.45) is 3.24. The predicted molar refractivity (Wildman–Crippen MR) is 66.9 cm³/mol. The molecule has 0 radical (unpaired) electrons. The Kier molecular flexibility index (Phi) is 3.47. The first-order valence-electron chi connectivity index (χ1n) is 5.43. The Morgan fingerprint density at radius 3 is 2.83 bits per heavy atom. The van der Waals surface area contributed by atoms with Gasteiger partial charge in [0.2, 0.25) is 0 Å². The second-order valence-electron chi connectivity index (χ2n) is 3.74. The average Bonchev–Trinajstić information content (AvgIpc) is 2.37. The van der Waals surface area contributed by atoms with Crippen molar-refractivity contribution in [2.45, 2.75) is 13.5 Å². The summed E-state index contributed by atoms with van der Waals surface area (Å²) in [4.78, 5) is 23.1. The average molecular weight is 243 g/mol. The number of aryl methyl sites for hydroxylation is 1. The summed E-state index contributed by atoms with van der Waals surface area (Å²) in [5.74, 6) is 0.179. The molecule has 0 bridgehead atoms. The monoisotopic (exact) mass is 243 g/mol. The van der Waals surface area contributed by atoms with Crippen molar-refractivity contribution in [1.82, 2.24) is 15.0 Å². The van der Waals surface area contributed by atoms with Crippen molar-refractivity contribution in [2.75, 3.05) is 5.32 Å². The van der Waals surface area contributed by atoms with E-state index in [-0.39, 0.29) is 5.69 Å². The van der Waals surface area contributed by atoms with E-state index in [0.29, 0.717) is 6.54 Å². The van der Waals surface area contributed by atoms with Crippen molar-refractivity contribution < 1.29 is 4.79 Å². The molecule has 0 saturated carbocycles. The third kappa shape index (κ3) is 3.00. The number of hydrogen-bond acceptors (Lipinski definition) is 5. The fraction of sp³-hybridized carbons (Fsp3) is 0.167. The zero-order valence-corrected chi connectivity index (χ0v) is 9.92. The Morgan fingerprint density at radius 1 is 1.33 bits per heavy atom. The number of aromatic nitrogens is 3. The zero-order chi connectivity index (χ0) is 13.0. The molecule has 0 saturated heterocycles. The quantitative estimate of drug-likeness (QED) is 0.831. The lowest BCUT2D eigenvalue weighted by atomic mass is 10.3. The molecule has 0 aromatic carbocycles. The number of carbonyl (C=O) groups is 1. The van der Waals surface area contributed by atoms with Gasteiger partial charge < -0.3 is 11.1 Å². The van der Waals surface area contributed by atoms with Gasteiger partial charge in [0.1, 0.15) is 11.5 Å². The summed E-state index contributed by atoms with van der Waals surface area (Å²) in [6.45, 7) is 2.38. The van der Waals surface area contributed by atoms with Crippen molar-refractivity contribution in [3.63, 3.8) is 0 Å². The topological polar surface area (TPSA) is 93.8 Å². The number of carbonyl (C=O) groups excluding carboxylic acids is 1. The van der Waals surface area contributed by atoms with Crippen LogP contribution in [0.5, 0.6) is 0 Å². The standard InChI is InChI=1S/C12H13N5O/c1-8-14-4-3-10(17-8)7-16-9-2-5-15-11(6-9)12(13)18/h2-6H,7H2,1H3,(H2,13,18)(H,15,16). The van der Waals surface area contributed by atoms with E-state index in [2.05, 4.69) is 20.3 Å². The molecule has 3 N–H and O–H groups in total. The van der Waals surface area contributed by atoms with E-state index in [1.165, 1.54) is 6.20 Å². The van der Waals surface area contributed by atoms with Gasteiger partial charge in [-0.15, -0.1) is 0 Å². The van der Waals surface area contributed by atoms with Gasteiger partial charge in [-0.3, -0.25) is 9.78 Å². The molecule has 18 heavy (non-hydrogen) atoms. The molecule has 0 aliphatic heterocycles. The molecule has 0 aliphatic rings. The van der Waals surface area contributed by atoms with Crippen molar-refractivity contribution >= 4 is 11.6 Å². The molecule has 6 nitrogen and oxygen atoms in total. The maximum absolute atomic E-state index is 11.0. The predicted octanol–water partition coefficient (Wildman–Crippen LogP) is 0.891. The van der Waals surface area contributed by atoms with Crippen LogP contribution in [-0.2, 0) is 6.54 Å². The third-order valence-corrected chi connectivity index (χ3v) is 2.32. The van der Waals surface area contributed by atoms with E-state index in [0.717, 1.165) is 17.2 Å². The van der Waals surface area contributed by atoms with E-state index in [1.54, 1.807) is 18.3 Å². The van der Waals surface area contributed by atoms with Crippen LogP contribution in [0, 0.1) is 6.92 Å². The number of pyridine rings is 1. The van der Waals surface area contributed by atoms with Gasteiger partial charge in [-0.1, -0.05) is 0 Å². The first kappa shape index (κ1) is 12.0. The second-order valence-corrected chi connectivity index (χ2v) is 3.74. The summed E-state index contributed by atoms with van der Waals surface area (Å²) in [5, 5.41) is 3.15. The van der Waals surface area contributed by atoms with Gasteiger partial charge in [0.05, 0.1) is 12.2 Å². The number of rotatable bonds is 4. The minimum Gasteiger partial charge on any atom is -0.379 e. The molecular weight excluding hydrogens is 230 g/mol. The summed E-state index contributed by atoms with van der Waals surface area (Å²) >= 11 is 0. The van der Waals surface area contributed by atoms with Gasteiger partial charge in [0.15, 0.2) is 0 Å². The molecule has 1 amide bonds. The van der Waals surface area contributed by atoms with Crippen molar-refractivity contribution in [3.05, 3.63) is 47.8 Å². The summed E-state index contributed by atoms with van der Waals surface area (Å²) in [7, 11) is 0. The smallest absolute Gasteiger partial charge is 0.267 e. The molecule has 6 heteroatoms. The van der Waals surface area contributed by atoms with E-state index < -0.39 is 5.91 Å². The number of anilines is 1. The van der Waals surface area contributed by atoms with Crippen molar-refractivity contribution in [3.8, 4) is 0 Å². The lowest BCUT2D eigenvalue weighted by molar-refractivity contribution is 0.0995. The molecule has 0 atom stereocenters. The summed E-state index contributed by atoms with van der Waals surface area (Å²) in [6, 6.07) is 5.20. The molecule has 0 aliphatic carbocycles. The largest absolute Gasteiger partial charge is 0.379 e. The number of hydrogen-bond donors (Lipinski definition) is 2. The maximum atomic E-state index is 11.0. The highest BCUT2D eigenvalue weighted by atomic mass is 16.1. The number of amides is 1. The lowest BCUT2D eigenvalue weighted by Gasteiger charge is -2.06. The van der Waals surface area contributed by atoms with Crippen LogP contribution in [0.1, 0.15) is 22.0 Å². The van der Waals surface area contributed by atoms with Gasteiger partial charge >= 0.3 is 0 Å². The first-order valence-corrected chi connectivity index (χ1v) is 5.43. The number of nitrogens with one attached hydrogen (secondary N) is 1. The number of nitrogens with zero attached hydrogens (tertiary/aromatic N) is 3. The number of primary amides is 1. The maximum Gasteiger partial charge on any atom is 0.267 e. The van der Waals surface area contributed by atoms with Crippen LogP contribution in [0.3, 0.4) is 0 Å². The molecule has 2 rings (SSSR count). The van der Waals surface area contributed by atoms with Crippen LogP contribution in [0.2, 0.25) is 0 Å². The number of nitrogens with two attached hydrogens (primary N) is 1. The molecule has 92 valence electrons. The van der Waals surface area contributed by atoms with Crippen LogP contribution in [0.25, 0.3) is 0 Å². The SMILES string of the molecule is Cc1nccc(CNc2ccnc(C(N)=O)c2)n1. The third-order valence-electron chi connectivity index (χ3n) is 2.32. The molecule has 2 aromatic rings. The normalized spacial score (nSPS) is 10.1. The van der Waals surface area contributed by atoms with Crippen LogP contribution in [-0.4, -0.2) is 20.9 Å². The van der Waals surface area contributed by atoms with Gasteiger partial charge in [0, 0.05) is 18.1 Å². The minimum absolute atomic E-state index is 0.235. The molecule has 2 aromatic heterocycles. The van der Waals surface area contributed by atoms with E-state index in [9.17, 15) is 4.79 Å². The highest BCUT2D eigenvalue weighted by molar-refractivity contribution is 5.91. The van der Waals surface area contributed by atoms with Crippen LogP contribution >= 0.6 is 0 Å². The summed E-state index contributed by atoms with van der Waals surface area (Å²) < 4.78 is 0. The highest BCUT2D eigenvalue weighted by Gasteiger charge is 2.03. The molecular formula is C12H13N5O. The lowest BCUT2D eigenvalue weighted by Crippen LogP contribution is -2.13. The molecule has 0 fully saturated rings. The molecule has 2 heterocycles. The van der Waals surface area contributed by atoms with Crippen molar-refractivity contribution in [2.24, 2.45) is 5.73 Å². The van der Waals surface area contributed by atoms with Gasteiger partial charge in [-0.05, 0) is 25.1 Å². The first-order chi connectivity index (χ1) is 8.65. The molecule has 0 spiro atoms. The van der Waals surface area contributed by atoms with Gasteiger partial charge in [-0.25, -0.2) is 9.97 Å². The Labute approximate surface area is 104 Å². The van der Waals surface area contributed by atoms with Gasteiger partial charge in [0.25, 0.3) is 5.91 Å². The highest BCUT2D eigenvalue weighted by Crippen LogP contribution is 2.09. The fourth-order valence-electron chi connectivity index (χ4n) is 1.47. The van der Waals surface area contributed by atoms with Crippen LogP contribution < -0.4 is 11.1 Å². The minimum atomic E-state index is -0.545. The fourth-order valence-corrected chi connectivity index (χ4v) is 1.47. The Balaban J connectivity index is 2.06. The van der Waals surface area contributed by atoms with E-state index >= 15 is 0 Å². The Morgan fingerprint density at radius 2 is 2.11 bits per heavy atom. The second kappa shape index (κ2) is 5.22. The molecule has 0 unspecified atom stereocenters. The Hall–Kier alpha value is -2.50. The zero-order valence-electron chi connectivity index (χ0n) is 9.92. The van der Waals surface area contributed by atoms with Crippen LogP contribution in [0.15, 0.2) is 30.6 Å². The van der Waals surface area contributed by atoms with Crippen LogP contribution in [0.4, 0.5) is 5.69 Å². The van der Waals surface area contributed by atoms with E-state index in [1.807, 2.05) is 13.0 Å². The van der Waals surface area contributed by atoms with Crippen molar-refractivity contribution in [1.29, 1.82) is 0 Å².